The molecule has 0 amide bonds. The summed E-state index contributed by atoms with van der Waals surface area (Å²) >= 11 is 1.73. The number of rotatable bonds is 3. The second kappa shape index (κ2) is 11.0. The molecule has 0 atom stereocenters. The molecule has 0 bridgehead atoms. The zero-order valence-corrected chi connectivity index (χ0v) is 28.3. The Kier molecular flexibility index (Phi) is 6.16. The number of hydrogen-bond donors (Lipinski definition) is 0. The number of benzene rings is 9. The first-order valence-corrected chi connectivity index (χ1v) is 18.1. The van der Waals surface area contributed by atoms with E-state index in [0.717, 1.165) is 16.2 Å². The summed E-state index contributed by atoms with van der Waals surface area (Å²) < 4.78 is 1.20. The van der Waals surface area contributed by atoms with Crippen LogP contribution in [0.25, 0.3) is 108 Å². The van der Waals surface area contributed by atoms with E-state index in [1.54, 1.807) is 11.3 Å². The molecule has 0 saturated carbocycles. The lowest BCUT2D eigenvalue weighted by atomic mass is 9.88. The minimum atomic E-state index is 0.910. The minimum absolute atomic E-state index is 0.910. The molecule has 51 heavy (non-hydrogen) atoms. The lowest BCUT2D eigenvalue weighted by Gasteiger charge is -2.15. The quantitative estimate of drug-likeness (QED) is 0.176. The zero-order chi connectivity index (χ0) is 33.5. The van der Waals surface area contributed by atoms with Crippen molar-refractivity contribution in [3.63, 3.8) is 0 Å². The Morgan fingerprint density at radius 2 is 0.922 bits per heavy atom. The fourth-order valence-corrected chi connectivity index (χ4v) is 9.28. The van der Waals surface area contributed by atoms with Crippen LogP contribution in [0, 0.1) is 0 Å². The average Bonchev–Trinajstić information content (AvgIpc) is 3.65. The van der Waals surface area contributed by atoms with Crippen LogP contribution in [0.15, 0.2) is 170 Å². The number of fused-ring (bicyclic) bond motifs is 12. The van der Waals surface area contributed by atoms with Crippen molar-refractivity contribution in [3.05, 3.63) is 170 Å². The van der Waals surface area contributed by atoms with E-state index in [1.807, 2.05) is 24.4 Å². The molecule has 2 aromatic heterocycles. The van der Waals surface area contributed by atoms with Crippen LogP contribution in [0.5, 0.6) is 0 Å². The van der Waals surface area contributed by atoms with Gasteiger partial charge in [0, 0.05) is 11.6 Å². The van der Waals surface area contributed by atoms with Gasteiger partial charge in [0.1, 0.15) is 5.01 Å². The molecule has 0 radical (unpaired) electrons. The van der Waals surface area contributed by atoms with E-state index in [1.165, 1.54) is 91.6 Å². The van der Waals surface area contributed by atoms with E-state index in [4.69, 9.17) is 4.98 Å². The van der Waals surface area contributed by atoms with E-state index in [9.17, 15) is 0 Å². The SMILES string of the molecule is c1ccc(-c2nc3ccc4ccc5ccc(-c6ccc(-c7ccc8c9ccccc9c9ccccc9c8c7)c7ccccc67)cc5c4c3s2)nc1. The van der Waals surface area contributed by atoms with Crippen molar-refractivity contribution >= 4 is 86.2 Å². The molecule has 11 aromatic rings. The third kappa shape index (κ3) is 4.35. The van der Waals surface area contributed by atoms with Crippen molar-refractivity contribution in [1.29, 1.82) is 0 Å². The molecule has 0 unspecified atom stereocenters. The van der Waals surface area contributed by atoms with E-state index in [-0.39, 0.29) is 0 Å². The molecule has 0 spiro atoms. The molecule has 3 heteroatoms. The molecule has 0 aliphatic carbocycles. The van der Waals surface area contributed by atoms with Crippen LogP contribution in [-0.4, -0.2) is 9.97 Å². The summed E-state index contributed by atoms with van der Waals surface area (Å²) in [6.45, 7) is 0. The topological polar surface area (TPSA) is 25.8 Å². The van der Waals surface area contributed by atoms with E-state index < -0.39 is 0 Å². The van der Waals surface area contributed by atoms with Gasteiger partial charge in [-0.25, -0.2) is 4.98 Å². The molecule has 0 aliphatic heterocycles. The molecule has 0 fully saturated rings. The standard InChI is InChI=1S/C48H28N2S/c1-2-10-36-34(32-20-22-41-39-13-4-3-11-37(39)38-12-5-6-14-40(38)43(41)28-32)24-23-33(35(36)9-1)31-19-17-29-16-18-30-21-25-44-47(46(30)42(29)27-31)51-48(50-44)45-15-7-8-26-49-45/h1-28H. The molecule has 236 valence electrons. The second-order valence-electron chi connectivity index (χ2n) is 13.3. The molecular formula is C48H28N2S. The van der Waals surface area contributed by atoms with Crippen molar-refractivity contribution in [1.82, 2.24) is 9.97 Å². The van der Waals surface area contributed by atoms with Crippen LogP contribution in [0.2, 0.25) is 0 Å². The van der Waals surface area contributed by atoms with E-state index >= 15 is 0 Å². The summed E-state index contributed by atoms with van der Waals surface area (Å²) in [6.07, 6.45) is 1.83. The van der Waals surface area contributed by atoms with Gasteiger partial charge in [-0.3, -0.25) is 4.98 Å². The van der Waals surface area contributed by atoms with Crippen LogP contribution in [-0.2, 0) is 0 Å². The molecule has 2 heterocycles. The van der Waals surface area contributed by atoms with Crippen molar-refractivity contribution in [2.45, 2.75) is 0 Å². The predicted octanol–water partition coefficient (Wildman–Crippen LogP) is 13.6. The number of nitrogens with zero attached hydrogens (tertiary/aromatic N) is 2. The average molecular weight is 665 g/mol. The maximum absolute atomic E-state index is 5.01. The van der Waals surface area contributed by atoms with Crippen LogP contribution in [0.3, 0.4) is 0 Å². The molecule has 2 nitrogen and oxygen atoms in total. The molecule has 0 saturated heterocycles. The van der Waals surface area contributed by atoms with Crippen LogP contribution in [0.1, 0.15) is 0 Å². The van der Waals surface area contributed by atoms with Crippen molar-refractivity contribution in [3.8, 4) is 33.0 Å². The Hall–Kier alpha value is -6.42. The predicted molar refractivity (Wildman–Crippen MR) is 219 cm³/mol. The Bertz CT molecular complexity index is 3160. The molecule has 11 rings (SSSR count). The van der Waals surface area contributed by atoms with Gasteiger partial charge in [-0.1, -0.05) is 133 Å². The Morgan fingerprint density at radius 1 is 0.392 bits per heavy atom. The van der Waals surface area contributed by atoms with Gasteiger partial charge in [-0.05, 0) is 112 Å². The third-order valence-electron chi connectivity index (χ3n) is 10.5. The number of thiazole rings is 1. The van der Waals surface area contributed by atoms with Gasteiger partial charge in [0.2, 0.25) is 0 Å². The van der Waals surface area contributed by atoms with E-state index in [2.05, 4.69) is 151 Å². The lowest BCUT2D eigenvalue weighted by Crippen LogP contribution is -1.88. The van der Waals surface area contributed by atoms with Gasteiger partial charge in [0.05, 0.1) is 15.9 Å². The number of pyridine rings is 1. The first-order valence-electron chi connectivity index (χ1n) is 17.3. The summed E-state index contributed by atoms with van der Waals surface area (Å²) in [5, 5.41) is 16.2. The van der Waals surface area contributed by atoms with Crippen LogP contribution >= 0.6 is 11.3 Å². The number of hydrogen-bond acceptors (Lipinski definition) is 3. The first kappa shape index (κ1) is 28.4. The summed E-state index contributed by atoms with van der Waals surface area (Å²) in [4.78, 5) is 9.59. The lowest BCUT2D eigenvalue weighted by molar-refractivity contribution is 1.31. The monoisotopic (exact) mass is 664 g/mol. The van der Waals surface area contributed by atoms with Gasteiger partial charge < -0.3 is 0 Å². The highest BCUT2D eigenvalue weighted by Gasteiger charge is 2.16. The first-order chi connectivity index (χ1) is 25.3. The Morgan fingerprint density at radius 3 is 1.59 bits per heavy atom. The maximum Gasteiger partial charge on any atom is 0.143 e. The minimum Gasteiger partial charge on any atom is -0.254 e. The Balaban J connectivity index is 1.11. The van der Waals surface area contributed by atoms with Crippen molar-refractivity contribution in [2.24, 2.45) is 0 Å². The molecule has 0 aliphatic rings. The fourth-order valence-electron chi connectivity index (χ4n) is 8.17. The van der Waals surface area contributed by atoms with Gasteiger partial charge in [-0.2, -0.15) is 0 Å². The van der Waals surface area contributed by atoms with Crippen LogP contribution in [0.4, 0.5) is 0 Å². The fraction of sp³-hybridized carbons (Fsp3) is 0. The highest BCUT2D eigenvalue weighted by Crippen LogP contribution is 2.43. The van der Waals surface area contributed by atoms with Gasteiger partial charge in [0.25, 0.3) is 0 Å². The van der Waals surface area contributed by atoms with Crippen molar-refractivity contribution < 1.29 is 0 Å². The normalized spacial score (nSPS) is 11.9. The van der Waals surface area contributed by atoms with Gasteiger partial charge in [0.15, 0.2) is 0 Å². The zero-order valence-electron chi connectivity index (χ0n) is 27.5. The molecule has 9 aromatic carbocycles. The highest BCUT2D eigenvalue weighted by atomic mass is 32.1. The largest absolute Gasteiger partial charge is 0.254 e. The highest BCUT2D eigenvalue weighted by molar-refractivity contribution is 7.22. The van der Waals surface area contributed by atoms with Crippen LogP contribution < -0.4 is 0 Å². The molecular weight excluding hydrogens is 637 g/mol. The Labute approximate surface area is 297 Å². The second-order valence-corrected chi connectivity index (χ2v) is 14.3. The number of aromatic nitrogens is 2. The summed E-state index contributed by atoms with van der Waals surface area (Å²) in [6, 6.07) is 59.8. The van der Waals surface area contributed by atoms with Gasteiger partial charge >= 0.3 is 0 Å². The van der Waals surface area contributed by atoms with E-state index in [0.29, 0.717) is 0 Å². The van der Waals surface area contributed by atoms with Crippen molar-refractivity contribution in [2.75, 3.05) is 0 Å². The third-order valence-corrected chi connectivity index (χ3v) is 11.6. The maximum atomic E-state index is 5.01. The summed E-state index contributed by atoms with van der Waals surface area (Å²) in [5.74, 6) is 0. The smallest absolute Gasteiger partial charge is 0.143 e. The molecule has 0 N–H and O–H groups in total. The summed E-state index contributed by atoms with van der Waals surface area (Å²) in [5.41, 5.74) is 6.83. The summed E-state index contributed by atoms with van der Waals surface area (Å²) in [7, 11) is 0. The van der Waals surface area contributed by atoms with Gasteiger partial charge in [-0.15, -0.1) is 11.3 Å².